The van der Waals surface area contributed by atoms with E-state index in [1.54, 1.807) is 35.1 Å². The maximum Gasteiger partial charge on any atom is 0.261 e. The molecule has 0 aliphatic carbocycles. The minimum Gasteiger partial charge on any atom is -0.487 e. The first-order chi connectivity index (χ1) is 19.3. The number of likely N-dealkylation sites (tertiary alicyclic amines) is 1. The second kappa shape index (κ2) is 9.28. The Morgan fingerprint density at radius 1 is 1.15 bits per heavy atom. The van der Waals surface area contributed by atoms with Gasteiger partial charge in [-0.15, -0.1) is 0 Å². The lowest BCUT2D eigenvalue weighted by molar-refractivity contribution is 0.0271. The molecule has 0 bridgehead atoms. The molecule has 1 saturated heterocycles. The molecule has 1 amide bonds. The highest BCUT2D eigenvalue weighted by Crippen LogP contribution is 2.41. The predicted molar refractivity (Wildman–Crippen MR) is 149 cm³/mol. The summed E-state index contributed by atoms with van der Waals surface area (Å²) in [5.74, 6) is 0.137. The fourth-order valence-electron chi connectivity index (χ4n) is 6.20. The quantitative estimate of drug-likeness (QED) is 0.417. The summed E-state index contributed by atoms with van der Waals surface area (Å²) in [6.45, 7) is 2.98. The smallest absolute Gasteiger partial charge is 0.261 e. The van der Waals surface area contributed by atoms with Crippen LogP contribution in [0.25, 0.3) is 10.9 Å². The first kappa shape index (κ1) is 25.0. The number of aryl methyl sites for hydroxylation is 1. The van der Waals surface area contributed by atoms with Gasteiger partial charge in [0.15, 0.2) is 0 Å². The van der Waals surface area contributed by atoms with Gasteiger partial charge in [-0.05, 0) is 35.9 Å². The van der Waals surface area contributed by atoms with Crippen LogP contribution in [0.15, 0.2) is 42.7 Å². The zero-order chi connectivity index (χ0) is 27.6. The van der Waals surface area contributed by atoms with Crippen LogP contribution in [0.5, 0.6) is 5.75 Å². The zero-order valence-electron chi connectivity index (χ0n) is 22.6. The number of hydrogen-bond donors (Lipinski definition) is 1. The summed E-state index contributed by atoms with van der Waals surface area (Å²) in [6.07, 6.45) is 6.21. The van der Waals surface area contributed by atoms with Crippen molar-refractivity contribution in [3.63, 3.8) is 0 Å². The molecule has 10 heteroatoms. The standard InChI is InChI=1S/C30H31FN6O3/c1-35-7-5-30(6-8-35)12-19-9-18(3-4-27(19)40-30)14-37(20-13-33-36(2)15-20)29(38)22-10-21-23-16-39-17-24(23)28(32)34-26(21)11-25(22)31/h3-4,9-11,13,15H,5-8,12,14,16-17H2,1-2H3,(H2,32,34). The maximum atomic E-state index is 15.5. The average Bonchev–Trinajstić information content (AvgIpc) is 3.67. The molecule has 206 valence electrons. The third kappa shape index (κ3) is 4.18. The summed E-state index contributed by atoms with van der Waals surface area (Å²) < 4.78 is 29.2. The second-order valence-corrected chi connectivity index (χ2v) is 11.3. The number of carbonyl (C=O) groups is 1. The van der Waals surface area contributed by atoms with Gasteiger partial charge < -0.3 is 25.0 Å². The van der Waals surface area contributed by atoms with E-state index in [0.29, 0.717) is 35.6 Å². The number of ether oxygens (including phenoxy) is 2. The number of rotatable bonds is 4. The van der Waals surface area contributed by atoms with Crippen molar-refractivity contribution in [2.45, 2.75) is 44.6 Å². The second-order valence-electron chi connectivity index (χ2n) is 11.3. The van der Waals surface area contributed by atoms with Crippen molar-refractivity contribution in [3.8, 4) is 5.75 Å². The fraction of sp³-hybridized carbons (Fsp3) is 0.367. The number of hydrogen-bond acceptors (Lipinski definition) is 7. The van der Waals surface area contributed by atoms with Crippen LogP contribution in [-0.4, -0.2) is 51.3 Å². The molecule has 0 radical (unpaired) electrons. The highest BCUT2D eigenvalue weighted by molar-refractivity contribution is 6.08. The number of nitrogens with two attached hydrogens (primary N) is 1. The minimum atomic E-state index is -0.649. The third-order valence-electron chi connectivity index (χ3n) is 8.50. The minimum absolute atomic E-state index is 0.0354. The number of benzene rings is 2. The number of amides is 1. The van der Waals surface area contributed by atoms with Crippen molar-refractivity contribution in [1.29, 1.82) is 0 Å². The first-order valence-electron chi connectivity index (χ1n) is 13.6. The molecule has 2 aromatic heterocycles. The van der Waals surface area contributed by atoms with Crippen LogP contribution >= 0.6 is 0 Å². The summed E-state index contributed by atoms with van der Waals surface area (Å²) in [5, 5.41) is 4.95. The van der Waals surface area contributed by atoms with E-state index in [-0.39, 0.29) is 17.7 Å². The van der Waals surface area contributed by atoms with E-state index in [9.17, 15) is 4.79 Å². The first-order valence-corrected chi connectivity index (χ1v) is 13.6. The van der Waals surface area contributed by atoms with Crippen molar-refractivity contribution in [1.82, 2.24) is 19.7 Å². The molecule has 3 aliphatic heterocycles. The van der Waals surface area contributed by atoms with Gasteiger partial charge in [0.2, 0.25) is 0 Å². The van der Waals surface area contributed by atoms with Gasteiger partial charge in [-0.2, -0.15) is 5.10 Å². The van der Waals surface area contributed by atoms with Crippen molar-refractivity contribution in [2.24, 2.45) is 7.05 Å². The Bertz CT molecular complexity index is 1660. The molecule has 2 N–H and O–H groups in total. The van der Waals surface area contributed by atoms with Gasteiger partial charge in [-0.25, -0.2) is 9.37 Å². The highest BCUT2D eigenvalue weighted by Gasteiger charge is 2.41. The summed E-state index contributed by atoms with van der Waals surface area (Å²) in [6, 6.07) is 8.97. The number of pyridine rings is 1. The Morgan fingerprint density at radius 2 is 1.95 bits per heavy atom. The molecule has 3 aliphatic rings. The molecule has 9 nitrogen and oxygen atoms in total. The molecule has 0 atom stereocenters. The van der Waals surface area contributed by atoms with Crippen molar-refractivity contribution in [2.75, 3.05) is 30.8 Å². The van der Waals surface area contributed by atoms with Crippen LogP contribution in [0, 0.1) is 5.82 Å². The number of carbonyl (C=O) groups excluding carboxylic acids is 1. The monoisotopic (exact) mass is 542 g/mol. The molecule has 1 fully saturated rings. The van der Waals surface area contributed by atoms with Crippen LogP contribution in [0.1, 0.15) is 45.5 Å². The summed E-state index contributed by atoms with van der Waals surface area (Å²) in [7, 11) is 3.93. The van der Waals surface area contributed by atoms with Crippen molar-refractivity contribution in [3.05, 3.63) is 76.4 Å². The van der Waals surface area contributed by atoms with E-state index in [1.807, 2.05) is 12.1 Å². The van der Waals surface area contributed by atoms with Crippen molar-refractivity contribution >= 4 is 28.3 Å². The number of fused-ring (bicyclic) bond motifs is 4. The van der Waals surface area contributed by atoms with E-state index >= 15 is 4.39 Å². The number of halogens is 1. The van der Waals surface area contributed by atoms with E-state index in [0.717, 1.165) is 60.4 Å². The number of anilines is 2. The molecule has 4 aromatic rings. The van der Waals surface area contributed by atoms with Crippen LogP contribution in [0.2, 0.25) is 0 Å². The molecular formula is C30H31FN6O3. The maximum absolute atomic E-state index is 15.5. The molecule has 2 aromatic carbocycles. The Morgan fingerprint density at radius 3 is 2.73 bits per heavy atom. The van der Waals surface area contributed by atoms with E-state index < -0.39 is 11.7 Å². The lowest BCUT2D eigenvalue weighted by Crippen LogP contribution is -2.45. The Labute approximate surface area is 231 Å². The lowest BCUT2D eigenvalue weighted by Gasteiger charge is -2.37. The zero-order valence-corrected chi connectivity index (χ0v) is 22.6. The molecule has 40 heavy (non-hydrogen) atoms. The van der Waals surface area contributed by atoms with E-state index in [2.05, 4.69) is 28.1 Å². The summed E-state index contributed by atoms with van der Waals surface area (Å²) in [4.78, 5) is 22.3. The molecule has 1 spiro atoms. The van der Waals surface area contributed by atoms with Crippen molar-refractivity contribution < 1.29 is 18.7 Å². The van der Waals surface area contributed by atoms with Crippen LogP contribution in [-0.2, 0) is 38.0 Å². The SMILES string of the molecule is CN1CCC2(CC1)Cc1cc(CN(C(=O)c3cc4c5c(c(N)nc4cc3F)COC5)c3cnn(C)c3)ccc1O2. The van der Waals surface area contributed by atoms with Gasteiger partial charge in [0.1, 0.15) is 23.0 Å². The lowest BCUT2D eigenvalue weighted by atomic mass is 9.87. The van der Waals surface area contributed by atoms with Crippen LogP contribution in [0.4, 0.5) is 15.9 Å². The summed E-state index contributed by atoms with van der Waals surface area (Å²) in [5.41, 5.74) is 10.6. The highest BCUT2D eigenvalue weighted by atomic mass is 19.1. The average molecular weight is 543 g/mol. The number of aromatic nitrogens is 3. The van der Waals surface area contributed by atoms with Gasteiger partial charge in [0.25, 0.3) is 5.91 Å². The number of nitrogen functional groups attached to an aromatic ring is 1. The number of piperidine rings is 1. The van der Waals surface area contributed by atoms with Gasteiger partial charge >= 0.3 is 0 Å². The van der Waals surface area contributed by atoms with E-state index in [4.69, 9.17) is 15.2 Å². The van der Waals surface area contributed by atoms with Gasteiger partial charge in [0, 0.05) is 62.6 Å². The largest absolute Gasteiger partial charge is 0.487 e. The Kier molecular flexibility index (Phi) is 5.79. The molecular weight excluding hydrogens is 511 g/mol. The third-order valence-corrected chi connectivity index (χ3v) is 8.50. The van der Waals surface area contributed by atoms with E-state index in [1.165, 1.54) is 6.07 Å². The summed E-state index contributed by atoms with van der Waals surface area (Å²) >= 11 is 0. The fourth-order valence-corrected chi connectivity index (χ4v) is 6.20. The Balaban J connectivity index is 1.23. The van der Waals surface area contributed by atoms with Gasteiger partial charge in [-0.3, -0.25) is 9.48 Å². The molecule has 0 saturated carbocycles. The molecule has 5 heterocycles. The topological polar surface area (TPSA) is 98.7 Å². The number of nitrogens with zero attached hydrogens (tertiary/aromatic N) is 5. The van der Waals surface area contributed by atoms with Gasteiger partial charge in [-0.1, -0.05) is 12.1 Å². The van der Waals surface area contributed by atoms with Gasteiger partial charge in [0.05, 0.1) is 42.7 Å². The van der Waals surface area contributed by atoms with Crippen LogP contribution < -0.4 is 15.4 Å². The molecule has 7 rings (SSSR count). The molecule has 0 unspecified atom stereocenters. The predicted octanol–water partition coefficient (Wildman–Crippen LogP) is 3.97. The van der Waals surface area contributed by atoms with Crippen LogP contribution in [0.3, 0.4) is 0 Å². The Hall–Kier alpha value is -4.02. The normalized spacial score (nSPS) is 17.7.